The van der Waals surface area contributed by atoms with Gasteiger partial charge in [0.1, 0.15) is 0 Å². The molecule has 0 aromatic carbocycles. The molecular weight excluding hydrogens is 178 g/mol. The van der Waals surface area contributed by atoms with Crippen molar-refractivity contribution in [3.63, 3.8) is 0 Å². The fourth-order valence-corrected chi connectivity index (χ4v) is 1.38. The first kappa shape index (κ1) is 11.3. The highest BCUT2D eigenvalue weighted by Gasteiger charge is 2.18. The number of nitrogens with one attached hydrogen (secondary N) is 1. The molecule has 4 nitrogen and oxygen atoms in total. The first-order valence-electron chi connectivity index (χ1n) is 3.38. The lowest BCUT2D eigenvalue weighted by molar-refractivity contribution is -0.117. The third-order valence-electron chi connectivity index (χ3n) is 1.13. The summed E-state index contributed by atoms with van der Waals surface area (Å²) in [6.07, 6.45) is 1.11. The van der Waals surface area contributed by atoms with Gasteiger partial charge >= 0.3 is 0 Å². The van der Waals surface area contributed by atoms with E-state index in [0.717, 1.165) is 6.08 Å². The van der Waals surface area contributed by atoms with Crippen LogP contribution >= 0.6 is 0 Å². The van der Waals surface area contributed by atoms with E-state index in [1.165, 1.54) is 0 Å². The second-order valence-electron chi connectivity index (χ2n) is 3.03. The van der Waals surface area contributed by atoms with Gasteiger partial charge in [-0.2, -0.15) is 0 Å². The molecule has 0 bridgehead atoms. The summed E-state index contributed by atoms with van der Waals surface area (Å²) in [6, 6.07) is 0. The number of hydrogen-bond acceptors (Lipinski definition) is 3. The summed E-state index contributed by atoms with van der Waals surface area (Å²) in [4.78, 5) is 10.8. The van der Waals surface area contributed by atoms with Crippen molar-refractivity contribution in [1.82, 2.24) is 5.32 Å². The standard InChI is InChI=1S/C7H13NO3S/c1-4-6(9)8-7(2,3)5-12(10)11/h4H,1,5H2,2-3H3,(H,8,9)(H,10,11)/p-1. The maximum Gasteiger partial charge on any atom is 0.243 e. The molecule has 0 aromatic rings. The molecule has 1 unspecified atom stereocenters. The summed E-state index contributed by atoms with van der Waals surface area (Å²) in [5, 5.41) is 2.49. The first-order chi connectivity index (χ1) is 5.37. The van der Waals surface area contributed by atoms with Crippen LogP contribution in [0.4, 0.5) is 0 Å². The van der Waals surface area contributed by atoms with Crippen LogP contribution in [0.2, 0.25) is 0 Å². The lowest BCUT2D eigenvalue weighted by Gasteiger charge is -2.26. The van der Waals surface area contributed by atoms with Crippen molar-refractivity contribution in [3.05, 3.63) is 12.7 Å². The molecule has 12 heavy (non-hydrogen) atoms. The molecule has 1 N–H and O–H groups in total. The zero-order valence-electron chi connectivity index (χ0n) is 7.12. The molecule has 0 radical (unpaired) electrons. The molecule has 1 amide bonds. The largest absolute Gasteiger partial charge is 0.772 e. The highest BCUT2D eigenvalue weighted by atomic mass is 32.2. The van der Waals surface area contributed by atoms with Crippen molar-refractivity contribution in [2.24, 2.45) is 0 Å². The summed E-state index contributed by atoms with van der Waals surface area (Å²) < 4.78 is 20.6. The molecule has 0 saturated heterocycles. The fourth-order valence-electron chi connectivity index (χ4n) is 0.715. The first-order valence-corrected chi connectivity index (χ1v) is 4.62. The molecule has 0 aliphatic rings. The summed E-state index contributed by atoms with van der Waals surface area (Å²) in [6.45, 7) is 6.52. The predicted octanol–water partition coefficient (Wildman–Crippen LogP) is -0.0537. The molecule has 70 valence electrons. The van der Waals surface area contributed by atoms with Gasteiger partial charge in [-0.3, -0.25) is 9.00 Å². The lowest BCUT2D eigenvalue weighted by Crippen LogP contribution is -2.46. The van der Waals surface area contributed by atoms with Gasteiger partial charge in [0.25, 0.3) is 0 Å². The highest BCUT2D eigenvalue weighted by molar-refractivity contribution is 7.79. The quantitative estimate of drug-likeness (QED) is 0.499. The van der Waals surface area contributed by atoms with E-state index < -0.39 is 16.6 Å². The van der Waals surface area contributed by atoms with Crippen LogP contribution < -0.4 is 5.32 Å². The van der Waals surface area contributed by atoms with Crippen LogP contribution in [-0.4, -0.2) is 26.0 Å². The van der Waals surface area contributed by atoms with Crippen molar-refractivity contribution in [2.75, 3.05) is 5.75 Å². The van der Waals surface area contributed by atoms with Gasteiger partial charge in [-0.05, 0) is 19.9 Å². The molecule has 0 saturated carbocycles. The van der Waals surface area contributed by atoms with E-state index in [4.69, 9.17) is 0 Å². The third kappa shape index (κ3) is 5.03. The van der Waals surface area contributed by atoms with Crippen LogP contribution in [0.25, 0.3) is 0 Å². The van der Waals surface area contributed by atoms with Gasteiger partial charge < -0.3 is 9.87 Å². The molecule has 0 aromatic heterocycles. The smallest absolute Gasteiger partial charge is 0.243 e. The number of amides is 1. The molecule has 0 spiro atoms. The van der Waals surface area contributed by atoms with Crippen LogP contribution in [0.15, 0.2) is 12.7 Å². The number of carbonyl (C=O) groups excluding carboxylic acids is 1. The van der Waals surface area contributed by atoms with E-state index in [1.54, 1.807) is 13.8 Å². The summed E-state index contributed by atoms with van der Waals surface area (Å²) in [5.74, 6) is -0.475. The van der Waals surface area contributed by atoms with Gasteiger partial charge in [-0.15, -0.1) is 0 Å². The second-order valence-corrected chi connectivity index (χ2v) is 3.92. The Kier molecular flexibility index (Phi) is 4.12. The Morgan fingerprint density at radius 2 is 2.25 bits per heavy atom. The van der Waals surface area contributed by atoms with Crippen molar-refractivity contribution in [1.29, 1.82) is 0 Å². The topological polar surface area (TPSA) is 69.2 Å². The van der Waals surface area contributed by atoms with Gasteiger partial charge in [0, 0.05) is 11.3 Å². The van der Waals surface area contributed by atoms with E-state index in [2.05, 4.69) is 11.9 Å². The molecule has 0 aliphatic carbocycles. The SMILES string of the molecule is C=CC(=O)NC(C)(C)CS(=O)[O-]. The molecular formula is C7H12NO3S-. The van der Waals surface area contributed by atoms with E-state index in [-0.39, 0.29) is 11.7 Å². The zero-order valence-corrected chi connectivity index (χ0v) is 7.94. The summed E-state index contributed by atoms with van der Waals surface area (Å²) in [7, 11) is 0. The average Bonchev–Trinajstić information content (AvgIpc) is 1.83. The Labute approximate surface area is 74.3 Å². The molecule has 0 fully saturated rings. The molecule has 5 heteroatoms. The maximum absolute atomic E-state index is 10.8. The molecule has 0 rings (SSSR count). The van der Waals surface area contributed by atoms with Gasteiger partial charge in [0.05, 0.1) is 0 Å². The molecule has 0 aliphatic heterocycles. The maximum atomic E-state index is 10.8. The van der Waals surface area contributed by atoms with Crippen LogP contribution in [0.5, 0.6) is 0 Å². The van der Waals surface area contributed by atoms with Crippen molar-refractivity contribution in [2.45, 2.75) is 19.4 Å². The van der Waals surface area contributed by atoms with Gasteiger partial charge in [0.2, 0.25) is 5.91 Å². The van der Waals surface area contributed by atoms with Crippen LogP contribution in [0.3, 0.4) is 0 Å². The second kappa shape index (κ2) is 4.37. The van der Waals surface area contributed by atoms with Crippen molar-refractivity contribution < 1.29 is 13.6 Å². The minimum atomic E-state index is -2.15. The predicted molar refractivity (Wildman–Crippen MR) is 46.2 cm³/mol. The fraction of sp³-hybridized carbons (Fsp3) is 0.571. The Morgan fingerprint density at radius 3 is 2.58 bits per heavy atom. The van der Waals surface area contributed by atoms with Gasteiger partial charge in [-0.25, -0.2) is 0 Å². The van der Waals surface area contributed by atoms with E-state index in [0.29, 0.717) is 0 Å². The van der Waals surface area contributed by atoms with E-state index in [9.17, 15) is 13.6 Å². The lowest BCUT2D eigenvalue weighted by atomic mass is 10.1. The van der Waals surface area contributed by atoms with Gasteiger partial charge in [0.15, 0.2) is 0 Å². The minimum absolute atomic E-state index is 0.105. The number of hydrogen-bond donors (Lipinski definition) is 1. The van der Waals surface area contributed by atoms with Crippen molar-refractivity contribution >= 4 is 17.0 Å². The molecule has 1 atom stereocenters. The minimum Gasteiger partial charge on any atom is -0.772 e. The van der Waals surface area contributed by atoms with Crippen LogP contribution in [0, 0.1) is 0 Å². The monoisotopic (exact) mass is 190 g/mol. The average molecular weight is 190 g/mol. The molecule has 0 heterocycles. The summed E-state index contributed by atoms with van der Waals surface area (Å²) >= 11 is -2.15. The van der Waals surface area contributed by atoms with E-state index in [1.807, 2.05) is 0 Å². The normalized spacial score (nSPS) is 13.6. The van der Waals surface area contributed by atoms with Gasteiger partial charge in [-0.1, -0.05) is 17.7 Å². The Morgan fingerprint density at radius 1 is 1.75 bits per heavy atom. The Hall–Kier alpha value is -0.680. The Balaban J connectivity index is 4.11. The number of rotatable bonds is 4. The highest BCUT2D eigenvalue weighted by Crippen LogP contribution is 2.02. The Bertz CT molecular complexity index is 213. The third-order valence-corrected chi connectivity index (χ3v) is 2.08. The van der Waals surface area contributed by atoms with Crippen LogP contribution in [0.1, 0.15) is 13.8 Å². The summed E-state index contributed by atoms with van der Waals surface area (Å²) in [5.41, 5.74) is -0.738. The van der Waals surface area contributed by atoms with Crippen molar-refractivity contribution in [3.8, 4) is 0 Å². The number of carbonyl (C=O) groups is 1. The zero-order chi connectivity index (χ0) is 9.78. The van der Waals surface area contributed by atoms with E-state index >= 15 is 0 Å². The van der Waals surface area contributed by atoms with Crippen LogP contribution in [-0.2, 0) is 15.9 Å².